The molecule has 1 heterocycles. The quantitative estimate of drug-likeness (QED) is 0.442. The fourth-order valence-corrected chi connectivity index (χ4v) is 5.56. The molecule has 4 aliphatic rings. The van der Waals surface area contributed by atoms with Crippen molar-refractivity contribution in [3.8, 4) is 5.75 Å². The summed E-state index contributed by atoms with van der Waals surface area (Å²) in [6.07, 6.45) is 4.10. The van der Waals surface area contributed by atoms with Crippen LogP contribution in [-0.2, 0) is 19.2 Å². The first kappa shape index (κ1) is 18.7. The molecule has 1 saturated heterocycles. The molecule has 4 atom stereocenters. The number of likely N-dealkylation sites (tertiary alicyclic amines) is 1. The first-order chi connectivity index (χ1) is 14.3. The fraction of sp³-hybridized carbons (Fsp3) is 0.333. The van der Waals surface area contributed by atoms with E-state index in [1.165, 1.54) is 18.0 Å². The number of benzene rings is 1. The van der Waals surface area contributed by atoms with Crippen molar-refractivity contribution in [2.75, 3.05) is 7.05 Å². The van der Waals surface area contributed by atoms with Gasteiger partial charge in [0, 0.05) is 29.7 Å². The molecule has 30 heavy (non-hydrogen) atoms. The molecular weight excluding hydrogens is 382 g/mol. The van der Waals surface area contributed by atoms with Crippen LogP contribution >= 0.6 is 0 Å². The molecule has 3 aliphatic carbocycles. The molecule has 1 aromatic rings. The Morgan fingerprint density at radius 1 is 1.00 bits per heavy atom. The molecule has 1 aliphatic heterocycles. The molecule has 1 fully saturated rings. The van der Waals surface area contributed by atoms with E-state index in [0.717, 1.165) is 11.1 Å². The number of hydrogen-bond donors (Lipinski definition) is 1. The van der Waals surface area contributed by atoms with Gasteiger partial charge in [-0.05, 0) is 49.5 Å². The first-order valence-corrected chi connectivity index (χ1v) is 10.1. The van der Waals surface area contributed by atoms with E-state index < -0.39 is 17.8 Å². The average Bonchev–Trinajstić information content (AvgIpc) is 2.95. The number of Topliss-reactive ketones (excluding diaryl/α,β-unsaturated/α-hetero) is 1. The van der Waals surface area contributed by atoms with E-state index in [1.54, 1.807) is 31.2 Å². The van der Waals surface area contributed by atoms with Gasteiger partial charge in [0.1, 0.15) is 5.75 Å². The fourth-order valence-electron chi connectivity index (χ4n) is 5.56. The molecule has 6 nitrogen and oxygen atoms in total. The zero-order chi connectivity index (χ0) is 21.3. The van der Waals surface area contributed by atoms with Crippen molar-refractivity contribution in [1.29, 1.82) is 0 Å². The van der Waals surface area contributed by atoms with Gasteiger partial charge in [0.15, 0.2) is 11.6 Å². The first-order valence-electron chi connectivity index (χ1n) is 10.1. The number of carbonyl (C=O) groups is 4. The molecule has 1 N–H and O–H groups in total. The normalized spacial score (nSPS) is 30.7. The molecule has 0 bridgehead atoms. The summed E-state index contributed by atoms with van der Waals surface area (Å²) in [5.74, 6) is -2.32. The Bertz CT molecular complexity index is 1120. The van der Waals surface area contributed by atoms with Crippen LogP contribution in [0.2, 0.25) is 0 Å². The number of phenols is 1. The summed E-state index contributed by atoms with van der Waals surface area (Å²) in [7, 11) is 1.51. The number of rotatable bonds is 1. The number of allylic oxidation sites excluding steroid dienone is 6. The maximum absolute atomic E-state index is 13.1. The smallest absolute Gasteiger partial charge is 0.233 e. The third-order valence-corrected chi connectivity index (χ3v) is 7.01. The highest BCUT2D eigenvalue weighted by molar-refractivity contribution is 6.23. The van der Waals surface area contributed by atoms with Crippen LogP contribution in [0, 0.1) is 17.8 Å². The van der Waals surface area contributed by atoms with Gasteiger partial charge in [-0.1, -0.05) is 23.8 Å². The summed E-state index contributed by atoms with van der Waals surface area (Å²) < 4.78 is 0. The average molecular weight is 403 g/mol. The van der Waals surface area contributed by atoms with Crippen molar-refractivity contribution >= 4 is 23.4 Å². The standard InChI is InChI=1S/C24H21NO5/c1-11-9-18(27)17-10-16-14(7-8-15-20(16)24(30)25(2)23(15)29)19(21(17)22(11)28)12-3-5-13(26)6-4-12/h3-7,9,15-16,19-20,26H,8,10H2,1-2H3/t15-,16+,19-,20-/m0/s1. The van der Waals surface area contributed by atoms with Crippen LogP contribution in [0.25, 0.3) is 0 Å². The number of phenolic OH excluding ortho intramolecular Hbond substituents is 1. The number of fused-ring (bicyclic) bond motifs is 3. The second kappa shape index (κ2) is 6.36. The molecule has 2 amide bonds. The number of nitrogens with zero attached hydrogens (tertiary/aromatic N) is 1. The van der Waals surface area contributed by atoms with E-state index in [4.69, 9.17) is 0 Å². The summed E-state index contributed by atoms with van der Waals surface area (Å²) in [5.41, 5.74) is 3.03. The van der Waals surface area contributed by atoms with Crippen LogP contribution < -0.4 is 0 Å². The summed E-state index contributed by atoms with van der Waals surface area (Å²) in [6, 6.07) is 6.61. The minimum Gasteiger partial charge on any atom is -0.508 e. The molecular formula is C24H21NO5. The van der Waals surface area contributed by atoms with Crippen molar-refractivity contribution in [3.05, 3.63) is 64.3 Å². The number of imide groups is 1. The summed E-state index contributed by atoms with van der Waals surface area (Å²) >= 11 is 0. The SMILES string of the molecule is CC1=CC(=O)C2=C(C1=O)[C@@H](c1ccc(O)cc1)C1=CC[C@@H]3C(=O)N(C)C(=O)[C@@H]3[C@@H]1C2. The number of carbonyl (C=O) groups excluding carboxylic acids is 4. The van der Waals surface area contributed by atoms with Crippen LogP contribution in [0.1, 0.15) is 31.2 Å². The van der Waals surface area contributed by atoms with Crippen molar-refractivity contribution in [2.45, 2.75) is 25.7 Å². The van der Waals surface area contributed by atoms with Gasteiger partial charge in [0.05, 0.1) is 11.8 Å². The Labute approximate surface area is 173 Å². The van der Waals surface area contributed by atoms with Gasteiger partial charge in [0.25, 0.3) is 0 Å². The highest BCUT2D eigenvalue weighted by Crippen LogP contribution is 2.54. The van der Waals surface area contributed by atoms with E-state index in [-0.39, 0.29) is 41.5 Å². The maximum atomic E-state index is 13.1. The lowest BCUT2D eigenvalue weighted by Crippen LogP contribution is -2.39. The number of amides is 2. The van der Waals surface area contributed by atoms with Gasteiger partial charge in [0.2, 0.25) is 11.8 Å². The Morgan fingerprint density at radius 2 is 1.70 bits per heavy atom. The van der Waals surface area contributed by atoms with Gasteiger partial charge in [-0.25, -0.2) is 0 Å². The third kappa shape index (κ3) is 2.43. The Hall–Kier alpha value is -3.28. The second-order valence-electron chi connectivity index (χ2n) is 8.56. The molecule has 0 radical (unpaired) electrons. The van der Waals surface area contributed by atoms with E-state index in [1.807, 2.05) is 6.08 Å². The zero-order valence-corrected chi connectivity index (χ0v) is 16.7. The molecule has 0 saturated carbocycles. The van der Waals surface area contributed by atoms with E-state index in [9.17, 15) is 24.3 Å². The highest BCUT2D eigenvalue weighted by Gasteiger charge is 2.55. The van der Waals surface area contributed by atoms with Crippen molar-refractivity contribution in [2.24, 2.45) is 17.8 Å². The summed E-state index contributed by atoms with van der Waals surface area (Å²) in [6.45, 7) is 1.64. The minimum absolute atomic E-state index is 0.110. The van der Waals surface area contributed by atoms with Gasteiger partial charge in [-0.15, -0.1) is 0 Å². The van der Waals surface area contributed by atoms with E-state index >= 15 is 0 Å². The molecule has 0 aromatic heterocycles. The third-order valence-electron chi connectivity index (χ3n) is 7.01. The monoisotopic (exact) mass is 403 g/mol. The predicted octanol–water partition coefficient (Wildman–Crippen LogP) is 2.45. The Morgan fingerprint density at radius 3 is 2.40 bits per heavy atom. The van der Waals surface area contributed by atoms with Crippen molar-refractivity contribution < 1.29 is 24.3 Å². The van der Waals surface area contributed by atoms with Gasteiger partial charge < -0.3 is 5.11 Å². The van der Waals surface area contributed by atoms with Crippen LogP contribution in [-0.4, -0.2) is 40.4 Å². The lowest BCUT2D eigenvalue weighted by atomic mass is 9.59. The molecule has 1 aromatic carbocycles. The minimum atomic E-state index is -0.508. The Kier molecular flexibility index (Phi) is 3.97. The van der Waals surface area contributed by atoms with Crippen LogP contribution in [0.5, 0.6) is 5.75 Å². The molecule has 5 rings (SSSR count). The topological polar surface area (TPSA) is 91.8 Å². The Balaban J connectivity index is 1.71. The van der Waals surface area contributed by atoms with Crippen molar-refractivity contribution in [3.63, 3.8) is 0 Å². The summed E-state index contributed by atoms with van der Waals surface area (Å²) in [4.78, 5) is 52.7. The number of hydrogen-bond acceptors (Lipinski definition) is 5. The van der Waals surface area contributed by atoms with Gasteiger partial charge in [-0.3, -0.25) is 24.1 Å². The highest BCUT2D eigenvalue weighted by atomic mass is 16.3. The van der Waals surface area contributed by atoms with Gasteiger partial charge >= 0.3 is 0 Å². The lowest BCUT2D eigenvalue weighted by Gasteiger charge is -2.42. The maximum Gasteiger partial charge on any atom is 0.233 e. The van der Waals surface area contributed by atoms with E-state index in [2.05, 4.69) is 0 Å². The molecule has 6 heteroatoms. The number of ketones is 2. The molecule has 152 valence electrons. The van der Waals surface area contributed by atoms with E-state index in [0.29, 0.717) is 23.1 Å². The lowest BCUT2D eigenvalue weighted by molar-refractivity contribution is -0.138. The predicted molar refractivity (Wildman–Crippen MR) is 107 cm³/mol. The van der Waals surface area contributed by atoms with Crippen molar-refractivity contribution in [1.82, 2.24) is 4.90 Å². The van der Waals surface area contributed by atoms with Crippen LogP contribution in [0.4, 0.5) is 0 Å². The summed E-state index contributed by atoms with van der Waals surface area (Å²) in [5, 5.41) is 9.73. The van der Waals surface area contributed by atoms with Crippen LogP contribution in [0.15, 0.2) is 58.7 Å². The zero-order valence-electron chi connectivity index (χ0n) is 16.7. The number of aromatic hydroxyl groups is 1. The van der Waals surface area contributed by atoms with Gasteiger partial charge in [-0.2, -0.15) is 0 Å². The second-order valence-corrected chi connectivity index (χ2v) is 8.56. The largest absolute Gasteiger partial charge is 0.508 e. The van der Waals surface area contributed by atoms with Crippen LogP contribution in [0.3, 0.4) is 0 Å². The molecule has 0 spiro atoms. The molecule has 0 unspecified atom stereocenters.